The van der Waals surface area contributed by atoms with Crippen LogP contribution in [0.5, 0.6) is 5.88 Å². The number of hydrogen-bond acceptors (Lipinski definition) is 5. The number of carbonyl (C=O) groups is 1. The van der Waals surface area contributed by atoms with E-state index >= 15 is 8.78 Å². The minimum atomic E-state index is -1.06. The number of carboxylic acid groups (broad SMARTS) is 1. The van der Waals surface area contributed by atoms with Gasteiger partial charge in [0.05, 0.1) is 28.4 Å². The van der Waals surface area contributed by atoms with Crippen molar-refractivity contribution in [3.05, 3.63) is 112 Å². The first-order chi connectivity index (χ1) is 21.2. The van der Waals surface area contributed by atoms with Gasteiger partial charge in [-0.3, -0.25) is 0 Å². The Morgan fingerprint density at radius 3 is 2.50 bits per heavy atom. The van der Waals surface area contributed by atoms with E-state index in [2.05, 4.69) is 9.97 Å². The monoisotopic (exact) mass is 601 g/mol. The lowest BCUT2D eigenvalue weighted by Crippen LogP contribution is -2.33. The molecule has 1 aliphatic rings. The van der Waals surface area contributed by atoms with Crippen LogP contribution in [-0.2, 0) is 24.3 Å². The van der Waals surface area contributed by atoms with Crippen molar-refractivity contribution in [2.75, 3.05) is 7.11 Å². The largest absolute Gasteiger partial charge is 0.478 e. The van der Waals surface area contributed by atoms with Gasteiger partial charge >= 0.3 is 5.97 Å². The number of ether oxygens (including phenoxy) is 2. The fraction of sp³-hybridized carbons (Fsp3) is 0.265. The molecule has 0 radical (unpaired) electrons. The summed E-state index contributed by atoms with van der Waals surface area (Å²) < 4.78 is 58.2. The molecule has 0 spiro atoms. The summed E-state index contributed by atoms with van der Waals surface area (Å²) in [4.78, 5) is 20.6. The number of aromatic nitrogens is 3. The lowest BCUT2D eigenvalue weighted by molar-refractivity contribution is -0.00424. The maximum atomic E-state index is 15.5. The van der Waals surface area contributed by atoms with Crippen LogP contribution in [0.15, 0.2) is 66.7 Å². The Bertz CT molecular complexity index is 1870. The number of pyridine rings is 1. The normalized spacial score (nSPS) is 16.2. The van der Waals surface area contributed by atoms with E-state index < -0.39 is 23.4 Å². The highest BCUT2D eigenvalue weighted by Gasteiger charge is 2.30. The van der Waals surface area contributed by atoms with Crippen LogP contribution in [0.1, 0.15) is 45.7 Å². The third kappa shape index (κ3) is 6.03. The SMILES string of the molecule is CO[C@H]1C[C@H](Cn2c(Cc3cc(F)c(-c4cccc(OCc5ccc(C)cc5F)n4)cc3F)nc3ccc(C(=O)O)cc32)C1. The summed E-state index contributed by atoms with van der Waals surface area (Å²) >= 11 is 0. The molecule has 2 heterocycles. The maximum Gasteiger partial charge on any atom is 0.335 e. The molecule has 7 nitrogen and oxygen atoms in total. The Hall–Kier alpha value is -4.70. The molecular weight excluding hydrogens is 571 g/mol. The summed E-state index contributed by atoms with van der Waals surface area (Å²) in [5.74, 6) is -1.82. The van der Waals surface area contributed by atoms with Gasteiger partial charge in [0.25, 0.3) is 0 Å². The maximum absolute atomic E-state index is 15.5. The Balaban J connectivity index is 1.26. The van der Waals surface area contributed by atoms with Crippen LogP contribution in [0.4, 0.5) is 13.2 Å². The van der Waals surface area contributed by atoms with E-state index in [9.17, 15) is 14.3 Å². The molecule has 0 atom stereocenters. The zero-order valence-electron chi connectivity index (χ0n) is 24.2. The summed E-state index contributed by atoms with van der Waals surface area (Å²) in [5.41, 5.74) is 2.70. The Morgan fingerprint density at radius 1 is 0.955 bits per heavy atom. The lowest BCUT2D eigenvalue weighted by atomic mass is 9.82. The molecule has 2 aromatic heterocycles. The first-order valence-electron chi connectivity index (χ1n) is 14.3. The van der Waals surface area contributed by atoms with Gasteiger partial charge in [0.2, 0.25) is 5.88 Å². The zero-order chi connectivity index (χ0) is 31.0. The Labute approximate surface area is 251 Å². The van der Waals surface area contributed by atoms with E-state index in [4.69, 9.17) is 9.47 Å². The van der Waals surface area contributed by atoms with Crippen molar-refractivity contribution in [2.24, 2.45) is 5.92 Å². The van der Waals surface area contributed by atoms with Crippen LogP contribution in [0.3, 0.4) is 0 Å². The fourth-order valence-corrected chi connectivity index (χ4v) is 5.58. The second kappa shape index (κ2) is 12.1. The number of aryl methyl sites for hydroxylation is 1. The average molecular weight is 602 g/mol. The van der Waals surface area contributed by atoms with Crippen LogP contribution in [0.25, 0.3) is 22.3 Å². The van der Waals surface area contributed by atoms with Gasteiger partial charge in [0, 0.05) is 37.3 Å². The van der Waals surface area contributed by atoms with E-state index in [0.29, 0.717) is 29.0 Å². The summed E-state index contributed by atoms with van der Waals surface area (Å²) in [5, 5.41) is 9.52. The van der Waals surface area contributed by atoms with Gasteiger partial charge in [-0.2, -0.15) is 0 Å². The molecule has 44 heavy (non-hydrogen) atoms. The van der Waals surface area contributed by atoms with Gasteiger partial charge in [-0.1, -0.05) is 18.2 Å². The number of hydrogen-bond donors (Lipinski definition) is 1. The van der Waals surface area contributed by atoms with Crippen LogP contribution in [0.2, 0.25) is 0 Å². The number of fused-ring (bicyclic) bond motifs is 1. The van der Waals surface area contributed by atoms with Gasteiger partial charge in [0.1, 0.15) is 29.9 Å². The molecular formula is C34H30F3N3O4. The Kier molecular flexibility index (Phi) is 8.09. The smallest absolute Gasteiger partial charge is 0.335 e. The molecule has 5 aromatic rings. The van der Waals surface area contributed by atoms with Crippen molar-refractivity contribution in [3.8, 4) is 17.1 Å². The van der Waals surface area contributed by atoms with Gasteiger partial charge in [0.15, 0.2) is 0 Å². The quantitative estimate of drug-likeness (QED) is 0.184. The van der Waals surface area contributed by atoms with Gasteiger partial charge in [-0.15, -0.1) is 0 Å². The number of nitrogens with zero attached hydrogens (tertiary/aromatic N) is 3. The van der Waals surface area contributed by atoms with E-state index in [1.807, 2.05) is 4.57 Å². The van der Waals surface area contributed by atoms with Crippen LogP contribution in [-0.4, -0.2) is 38.8 Å². The van der Waals surface area contributed by atoms with E-state index in [-0.39, 0.29) is 53.3 Å². The molecule has 10 heteroatoms. The van der Waals surface area contributed by atoms with Gasteiger partial charge in [-0.05, 0) is 79.3 Å². The van der Waals surface area contributed by atoms with E-state index in [1.54, 1.807) is 56.5 Å². The topological polar surface area (TPSA) is 86.5 Å². The molecule has 6 rings (SSSR count). The first kappa shape index (κ1) is 29.4. The van der Waals surface area contributed by atoms with Crippen LogP contribution in [0, 0.1) is 30.3 Å². The zero-order valence-corrected chi connectivity index (χ0v) is 24.2. The number of imidazole rings is 1. The van der Waals surface area contributed by atoms with Crippen LogP contribution < -0.4 is 4.74 Å². The summed E-state index contributed by atoms with van der Waals surface area (Å²) in [7, 11) is 1.67. The van der Waals surface area contributed by atoms with Crippen molar-refractivity contribution < 1.29 is 32.5 Å². The Morgan fingerprint density at radius 2 is 1.75 bits per heavy atom. The predicted molar refractivity (Wildman–Crippen MR) is 158 cm³/mol. The van der Waals surface area contributed by atoms with E-state index in [1.165, 1.54) is 12.1 Å². The van der Waals surface area contributed by atoms with Crippen molar-refractivity contribution in [1.29, 1.82) is 0 Å². The van der Waals surface area contributed by atoms with Crippen molar-refractivity contribution in [2.45, 2.75) is 45.4 Å². The highest BCUT2D eigenvalue weighted by Crippen LogP contribution is 2.34. The molecule has 0 aliphatic heterocycles. The van der Waals surface area contributed by atoms with Crippen molar-refractivity contribution in [1.82, 2.24) is 14.5 Å². The lowest BCUT2D eigenvalue weighted by Gasteiger charge is -2.34. The molecule has 0 bridgehead atoms. The van der Waals surface area contributed by atoms with E-state index in [0.717, 1.165) is 30.5 Å². The molecule has 1 aliphatic carbocycles. The standard InChI is InChI=1S/C34H30F3N3O4/c1-19-6-7-22(26(35)10-19)18-44-33-5-3-4-29(39-33)25-16-27(36)23(13-28(25)37)15-32-38-30-9-8-21(34(41)42)14-31(30)40(32)17-20-11-24(12-20)43-2/h3-10,13-14,16,20,24H,11-12,15,17-18H2,1-2H3,(H,41,42)/t20-,24-. The molecule has 1 fully saturated rings. The third-order valence-electron chi connectivity index (χ3n) is 8.11. The minimum absolute atomic E-state index is 0.000756. The summed E-state index contributed by atoms with van der Waals surface area (Å²) in [6.45, 7) is 2.28. The van der Waals surface area contributed by atoms with Gasteiger partial charge < -0.3 is 19.1 Å². The third-order valence-corrected chi connectivity index (χ3v) is 8.11. The van der Waals surface area contributed by atoms with Crippen molar-refractivity contribution in [3.63, 3.8) is 0 Å². The molecule has 226 valence electrons. The highest BCUT2D eigenvalue weighted by molar-refractivity contribution is 5.92. The molecule has 0 unspecified atom stereocenters. The molecule has 0 amide bonds. The van der Waals surface area contributed by atoms with Crippen LogP contribution >= 0.6 is 0 Å². The number of halogens is 3. The first-order valence-corrected chi connectivity index (χ1v) is 14.3. The summed E-state index contributed by atoms with van der Waals surface area (Å²) in [6.07, 6.45) is 1.87. The molecule has 3 aromatic carbocycles. The van der Waals surface area contributed by atoms with Gasteiger partial charge in [-0.25, -0.2) is 27.9 Å². The number of benzene rings is 3. The fourth-order valence-electron chi connectivity index (χ4n) is 5.58. The molecule has 1 N–H and O–H groups in total. The second-order valence-electron chi connectivity index (χ2n) is 11.2. The average Bonchev–Trinajstić information content (AvgIpc) is 3.31. The number of aromatic carboxylic acids is 1. The van der Waals surface area contributed by atoms with Crippen molar-refractivity contribution >= 4 is 17.0 Å². The molecule has 0 saturated heterocycles. The number of rotatable bonds is 10. The number of methoxy groups -OCH3 is 1. The summed E-state index contributed by atoms with van der Waals surface area (Å²) in [6, 6.07) is 16.4. The highest BCUT2D eigenvalue weighted by atomic mass is 19.1. The number of carboxylic acids is 1. The second-order valence-corrected chi connectivity index (χ2v) is 11.2. The predicted octanol–water partition coefficient (Wildman–Crippen LogP) is 7.12. The molecule has 1 saturated carbocycles. The minimum Gasteiger partial charge on any atom is -0.478 e.